The molecule has 0 aromatic heterocycles. The van der Waals surface area contributed by atoms with Gasteiger partial charge in [0.05, 0.1) is 32.6 Å². The molecule has 3 nitrogen and oxygen atoms in total. The van der Waals surface area contributed by atoms with Crippen molar-refractivity contribution in [1.82, 2.24) is 0 Å². The largest absolute Gasteiger partial charge is 0.398 e. The number of benzene rings is 1. The maximum Gasteiger partial charge on any atom is 0.0807 e. The fraction of sp³-hybridized carbons (Fsp3) is 0.455. The number of anilines is 1. The molecule has 0 amide bonds. The van der Waals surface area contributed by atoms with Crippen LogP contribution >= 0.6 is 11.6 Å². The highest BCUT2D eigenvalue weighted by atomic mass is 35.5. The molecule has 2 atom stereocenters. The zero-order chi connectivity index (χ0) is 11.5. The Bertz CT molecular complexity index is 385. The third kappa shape index (κ3) is 2.39. The van der Waals surface area contributed by atoms with Crippen LogP contribution in [0.15, 0.2) is 23.1 Å². The molecular formula is C11H14ClNO2S. The van der Waals surface area contributed by atoms with Gasteiger partial charge >= 0.3 is 0 Å². The van der Waals surface area contributed by atoms with Gasteiger partial charge in [0.15, 0.2) is 0 Å². The second kappa shape index (κ2) is 5.17. The monoisotopic (exact) mass is 259 g/mol. The normalized spacial score (nSPS) is 22.9. The van der Waals surface area contributed by atoms with E-state index in [0.29, 0.717) is 22.2 Å². The number of halogens is 1. The Kier molecular flexibility index (Phi) is 3.84. The van der Waals surface area contributed by atoms with Gasteiger partial charge in [0.1, 0.15) is 0 Å². The first kappa shape index (κ1) is 11.9. The van der Waals surface area contributed by atoms with Crippen LogP contribution in [0.5, 0.6) is 0 Å². The van der Waals surface area contributed by atoms with E-state index < -0.39 is 10.8 Å². The van der Waals surface area contributed by atoms with Crippen LogP contribution in [0.1, 0.15) is 12.8 Å². The maximum absolute atomic E-state index is 12.3. The minimum Gasteiger partial charge on any atom is -0.398 e. The van der Waals surface area contributed by atoms with Crippen molar-refractivity contribution in [1.29, 1.82) is 0 Å². The Balaban J connectivity index is 2.26. The topological polar surface area (TPSA) is 52.3 Å². The van der Waals surface area contributed by atoms with E-state index in [9.17, 15) is 4.21 Å². The van der Waals surface area contributed by atoms with Gasteiger partial charge in [0.25, 0.3) is 0 Å². The highest BCUT2D eigenvalue weighted by Crippen LogP contribution is 2.29. The van der Waals surface area contributed by atoms with Crippen molar-refractivity contribution < 1.29 is 8.95 Å². The molecule has 1 saturated heterocycles. The van der Waals surface area contributed by atoms with Crippen LogP contribution in [-0.4, -0.2) is 22.7 Å². The molecule has 1 fully saturated rings. The van der Waals surface area contributed by atoms with Gasteiger partial charge in [-0.05, 0) is 25.0 Å². The molecule has 0 radical (unpaired) electrons. The van der Waals surface area contributed by atoms with Crippen LogP contribution in [0, 0.1) is 0 Å². The van der Waals surface area contributed by atoms with Crippen molar-refractivity contribution in [2.45, 2.75) is 23.0 Å². The minimum atomic E-state index is -1.17. The Hall–Kier alpha value is -0.580. The second-order valence-electron chi connectivity index (χ2n) is 3.79. The Morgan fingerprint density at radius 1 is 1.50 bits per heavy atom. The van der Waals surface area contributed by atoms with Crippen molar-refractivity contribution in [3.8, 4) is 0 Å². The van der Waals surface area contributed by atoms with Gasteiger partial charge < -0.3 is 10.5 Å². The SMILES string of the molecule is Nc1cccc(Cl)c1S(=O)C1CCCOC1. The summed E-state index contributed by atoms with van der Waals surface area (Å²) in [4.78, 5) is 0.555. The van der Waals surface area contributed by atoms with Gasteiger partial charge in [-0.3, -0.25) is 4.21 Å². The van der Waals surface area contributed by atoms with E-state index >= 15 is 0 Å². The van der Waals surface area contributed by atoms with E-state index in [2.05, 4.69) is 0 Å². The first-order valence-corrected chi connectivity index (χ1v) is 6.81. The molecule has 1 aliphatic heterocycles. The van der Waals surface area contributed by atoms with Gasteiger partial charge in [0, 0.05) is 12.3 Å². The summed E-state index contributed by atoms with van der Waals surface area (Å²) in [6.07, 6.45) is 1.85. The second-order valence-corrected chi connectivity index (χ2v) is 5.87. The van der Waals surface area contributed by atoms with Crippen molar-refractivity contribution in [2.75, 3.05) is 18.9 Å². The highest BCUT2D eigenvalue weighted by molar-refractivity contribution is 7.86. The van der Waals surface area contributed by atoms with Crippen LogP contribution in [0.4, 0.5) is 5.69 Å². The molecule has 16 heavy (non-hydrogen) atoms. The number of nitrogen functional groups attached to an aromatic ring is 1. The molecule has 0 saturated carbocycles. The van der Waals surface area contributed by atoms with Crippen LogP contribution in [0.25, 0.3) is 0 Å². The van der Waals surface area contributed by atoms with Crippen LogP contribution in [-0.2, 0) is 15.5 Å². The molecule has 1 heterocycles. The molecule has 5 heteroatoms. The molecule has 2 unspecified atom stereocenters. The van der Waals surface area contributed by atoms with Gasteiger partial charge in [-0.2, -0.15) is 0 Å². The molecule has 2 rings (SSSR count). The molecular weight excluding hydrogens is 246 g/mol. The Morgan fingerprint density at radius 2 is 2.31 bits per heavy atom. The van der Waals surface area contributed by atoms with Crippen molar-refractivity contribution in [3.63, 3.8) is 0 Å². The van der Waals surface area contributed by atoms with Crippen molar-refractivity contribution >= 4 is 28.1 Å². The van der Waals surface area contributed by atoms with E-state index in [1.165, 1.54) is 0 Å². The summed E-state index contributed by atoms with van der Waals surface area (Å²) < 4.78 is 17.6. The number of ether oxygens (including phenoxy) is 1. The third-order valence-electron chi connectivity index (χ3n) is 2.62. The first-order valence-electron chi connectivity index (χ1n) is 5.22. The van der Waals surface area contributed by atoms with E-state index in [1.807, 2.05) is 0 Å². The lowest BCUT2D eigenvalue weighted by Crippen LogP contribution is -2.27. The number of hydrogen-bond acceptors (Lipinski definition) is 3. The summed E-state index contributed by atoms with van der Waals surface area (Å²) in [6.45, 7) is 1.28. The van der Waals surface area contributed by atoms with Gasteiger partial charge in [0.2, 0.25) is 0 Å². The summed E-state index contributed by atoms with van der Waals surface area (Å²) in [7, 11) is -1.17. The number of nitrogens with two attached hydrogens (primary N) is 1. The zero-order valence-electron chi connectivity index (χ0n) is 8.82. The predicted octanol–water partition coefficient (Wildman–Crippen LogP) is 2.21. The third-order valence-corrected chi connectivity index (χ3v) is 4.88. The molecule has 2 N–H and O–H groups in total. The summed E-state index contributed by atoms with van der Waals surface area (Å²) >= 11 is 6.03. The summed E-state index contributed by atoms with van der Waals surface area (Å²) in [6, 6.07) is 5.20. The van der Waals surface area contributed by atoms with E-state index in [4.69, 9.17) is 22.1 Å². The van der Waals surface area contributed by atoms with Gasteiger partial charge in [-0.1, -0.05) is 17.7 Å². The van der Waals surface area contributed by atoms with Gasteiger partial charge in [-0.25, -0.2) is 0 Å². The average Bonchev–Trinajstić information content (AvgIpc) is 2.30. The number of hydrogen-bond donors (Lipinski definition) is 1. The molecule has 1 aliphatic rings. The fourth-order valence-electron chi connectivity index (χ4n) is 1.78. The van der Waals surface area contributed by atoms with Gasteiger partial charge in [-0.15, -0.1) is 0 Å². The predicted molar refractivity (Wildman–Crippen MR) is 66.1 cm³/mol. The summed E-state index contributed by atoms with van der Waals surface area (Å²) in [5.41, 5.74) is 6.31. The lowest BCUT2D eigenvalue weighted by molar-refractivity contribution is 0.100. The molecule has 88 valence electrons. The highest BCUT2D eigenvalue weighted by Gasteiger charge is 2.24. The lowest BCUT2D eigenvalue weighted by atomic mass is 10.2. The first-order chi connectivity index (χ1) is 7.70. The molecule has 0 bridgehead atoms. The summed E-state index contributed by atoms with van der Waals surface area (Å²) in [5, 5.41) is 0.486. The minimum absolute atomic E-state index is 0.0101. The Labute approximate surface area is 102 Å². The van der Waals surface area contributed by atoms with Crippen molar-refractivity contribution in [2.24, 2.45) is 0 Å². The Morgan fingerprint density at radius 3 is 2.94 bits per heavy atom. The standard InChI is InChI=1S/C11H14ClNO2S/c12-9-4-1-5-10(13)11(9)16(14)8-3-2-6-15-7-8/h1,4-5,8H,2-3,6-7,13H2. The number of rotatable bonds is 2. The summed E-state index contributed by atoms with van der Waals surface area (Å²) in [5.74, 6) is 0. The van der Waals surface area contributed by atoms with E-state index in [1.54, 1.807) is 18.2 Å². The van der Waals surface area contributed by atoms with E-state index in [0.717, 1.165) is 19.4 Å². The van der Waals surface area contributed by atoms with E-state index in [-0.39, 0.29) is 5.25 Å². The average molecular weight is 260 g/mol. The smallest absolute Gasteiger partial charge is 0.0807 e. The molecule has 1 aromatic carbocycles. The molecule has 0 aliphatic carbocycles. The van der Waals surface area contributed by atoms with Crippen molar-refractivity contribution in [3.05, 3.63) is 23.2 Å². The molecule has 1 aromatic rings. The zero-order valence-corrected chi connectivity index (χ0v) is 10.4. The van der Waals surface area contributed by atoms with Crippen LogP contribution in [0.3, 0.4) is 0 Å². The fourth-order valence-corrected chi connectivity index (χ4v) is 3.69. The van der Waals surface area contributed by atoms with Crippen LogP contribution in [0.2, 0.25) is 5.02 Å². The maximum atomic E-state index is 12.3. The molecule has 0 spiro atoms. The quantitative estimate of drug-likeness (QED) is 0.829. The lowest BCUT2D eigenvalue weighted by Gasteiger charge is -2.22. The van der Waals surface area contributed by atoms with Crippen LogP contribution < -0.4 is 5.73 Å².